The van der Waals surface area contributed by atoms with E-state index in [2.05, 4.69) is 10.2 Å². The van der Waals surface area contributed by atoms with Gasteiger partial charge in [0.1, 0.15) is 0 Å². The second-order valence-electron chi connectivity index (χ2n) is 7.70. The first-order valence-corrected chi connectivity index (χ1v) is 11.1. The van der Waals surface area contributed by atoms with E-state index in [0.717, 1.165) is 5.56 Å². The second kappa shape index (κ2) is 7.00. The SMILES string of the molecule is O=C1CCc2c1cccc2C(=O)N[C@@H]1CS(=O)(=O)[C@H]2CN(CCCO)C[C@@H]12. The van der Waals surface area contributed by atoms with E-state index < -0.39 is 21.1 Å². The van der Waals surface area contributed by atoms with Gasteiger partial charge in [0.2, 0.25) is 0 Å². The molecule has 2 fully saturated rings. The summed E-state index contributed by atoms with van der Waals surface area (Å²) in [6, 6.07) is 4.74. The van der Waals surface area contributed by atoms with E-state index in [1.807, 2.05) is 0 Å². The van der Waals surface area contributed by atoms with E-state index in [1.54, 1.807) is 18.2 Å². The molecule has 1 amide bonds. The van der Waals surface area contributed by atoms with Gasteiger partial charge in [-0.3, -0.25) is 9.59 Å². The maximum Gasteiger partial charge on any atom is 0.251 e. The Hall–Kier alpha value is -1.77. The minimum atomic E-state index is -3.25. The highest BCUT2D eigenvalue weighted by molar-refractivity contribution is 7.92. The van der Waals surface area contributed by atoms with Crippen molar-refractivity contribution in [3.63, 3.8) is 0 Å². The summed E-state index contributed by atoms with van der Waals surface area (Å²) in [7, 11) is -3.25. The third kappa shape index (κ3) is 3.30. The van der Waals surface area contributed by atoms with Crippen LogP contribution in [0, 0.1) is 5.92 Å². The van der Waals surface area contributed by atoms with Gasteiger partial charge in [0, 0.05) is 55.7 Å². The van der Waals surface area contributed by atoms with Crippen molar-refractivity contribution in [1.29, 1.82) is 0 Å². The van der Waals surface area contributed by atoms with Crippen molar-refractivity contribution in [2.45, 2.75) is 30.6 Å². The highest BCUT2D eigenvalue weighted by Crippen LogP contribution is 2.34. The summed E-state index contributed by atoms with van der Waals surface area (Å²) in [5.74, 6) is -0.402. The fourth-order valence-electron chi connectivity index (χ4n) is 4.72. The lowest BCUT2D eigenvalue weighted by atomic mass is 9.98. The number of likely N-dealkylation sites (tertiary alicyclic amines) is 1. The molecule has 4 rings (SSSR count). The van der Waals surface area contributed by atoms with E-state index in [1.165, 1.54) is 0 Å². The zero-order valence-corrected chi connectivity index (χ0v) is 15.9. The van der Waals surface area contributed by atoms with Crippen LogP contribution in [-0.2, 0) is 16.3 Å². The van der Waals surface area contributed by atoms with Crippen LogP contribution in [0.5, 0.6) is 0 Å². The molecule has 1 aliphatic carbocycles. The number of benzene rings is 1. The summed E-state index contributed by atoms with van der Waals surface area (Å²) in [6.07, 6.45) is 1.59. The monoisotopic (exact) mass is 392 g/mol. The standard InChI is InChI=1S/C19H24N2O5S/c22-8-2-7-21-9-15-16(11-27(25,26)18(15)10-21)20-19(24)14-4-1-3-13-12(14)5-6-17(13)23/h1,3-4,15-16,18,22H,2,5-11H2,(H,20,24)/t15-,16+,18-/m0/s1. The molecule has 2 aliphatic heterocycles. The Kier molecular flexibility index (Phi) is 4.82. The van der Waals surface area contributed by atoms with Gasteiger partial charge in [0.05, 0.1) is 11.0 Å². The number of carbonyl (C=O) groups is 2. The van der Waals surface area contributed by atoms with Crippen LogP contribution in [0.1, 0.15) is 39.1 Å². The molecule has 146 valence electrons. The Bertz CT molecular complexity index is 882. The van der Waals surface area contributed by atoms with Crippen molar-refractivity contribution in [3.05, 3.63) is 34.9 Å². The fourth-order valence-corrected chi connectivity index (χ4v) is 7.04. The Balaban J connectivity index is 1.52. The smallest absolute Gasteiger partial charge is 0.251 e. The summed E-state index contributed by atoms with van der Waals surface area (Å²) in [6.45, 7) is 1.82. The van der Waals surface area contributed by atoms with E-state index >= 15 is 0 Å². The Morgan fingerprint density at radius 2 is 2.07 bits per heavy atom. The molecule has 0 saturated carbocycles. The molecule has 3 aliphatic rings. The Morgan fingerprint density at radius 1 is 1.26 bits per heavy atom. The largest absolute Gasteiger partial charge is 0.396 e. The van der Waals surface area contributed by atoms with Crippen LogP contribution in [0.3, 0.4) is 0 Å². The Morgan fingerprint density at radius 3 is 2.85 bits per heavy atom. The van der Waals surface area contributed by atoms with Gasteiger partial charge in [-0.1, -0.05) is 12.1 Å². The first-order chi connectivity index (χ1) is 12.9. The van der Waals surface area contributed by atoms with E-state index in [0.29, 0.717) is 50.0 Å². The van der Waals surface area contributed by atoms with Gasteiger partial charge in [-0.05, 0) is 24.5 Å². The van der Waals surface area contributed by atoms with Crippen molar-refractivity contribution in [2.75, 3.05) is 32.0 Å². The number of sulfone groups is 1. The van der Waals surface area contributed by atoms with Crippen molar-refractivity contribution < 1.29 is 23.1 Å². The highest BCUT2D eigenvalue weighted by atomic mass is 32.2. The lowest BCUT2D eigenvalue weighted by Crippen LogP contribution is -2.42. The van der Waals surface area contributed by atoms with Crippen LogP contribution >= 0.6 is 0 Å². The van der Waals surface area contributed by atoms with Crippen LogP contribution in [0.2, 0.25) is 0 Å². The lowest BCUT2D eigenvalue weighted by molar-refractivity contribution is 0.0929. The van der Waals surface area contributed by atoms with Gasteiger partial charge >= 0.3 is 0 Å². The molecule has 0 unspecified atom stereocenters. The quantitative estimate of drug-likeness (QED) is 0.733. The van der Waals surface area contributed by atoms with Crippen molar-refractivity contribution in [1.82, 2.24) is 10.2 Å². The number of hydrogen-bond acceptors (Lipinski definition) is 6. The predicted molar refractivity (Wildman–Crippen MR) is 99.6 cm³/mol. The molecule has 2 N–H and O–H groups in total. The average Bonchev–Trinajstić information content (AvgIpc) is 3.29. The van der Waals surface area contributed by atoms with Gasteiger partial charge < -0.3 is 15.3 Å². The number of aliphatic hydroxyl groups is 1. The first kappa shape index (κ1) is 18.6. The van der Waals surface area contributed by atoms with Crippen molar-refractivity contribution >= 4 is 21.5 Å². The van der Waals surface area contributed by atoms with Gasteiger partial charge in [0.25, 0.3) is 5.91 Å². The third-order valence-corrected chi connectivity index (χ3v) is 8.29. The minimum Gasteiger partial charge on any atom is -0.396 e. The molecule has 2 heterocycles. The van der Waals surface area contributed by atoms with Crippen LogP contribution < -0.4 is 5.32 Å². The normalized spacial score (nSPS) is 28.9. The molecule has 8 heteroatoms. The molecule has 0 bridgehead atoms. The zero-order valence-electron chi connectivity index (χ0n) is 15.1. The van der Waals surface area contributed by atoms with Crippen LogP contribution in [0.15, 0.2) is 18.2 Å². The van der Waals surface area contributed by atoms with E-state index in [9.17, 15) is 18.0 Å². The first-order valence-electron chi connectivity index (χ1n) is 9.41. The van der Waals surface area contributed by atoms with Crippen LogP contribution in [-0.4, -0.2) is 73.4 Å². The van der Waals surface area contributed by atoms with Gasteiger partial charge in [-0.15, -0.1) is 0 Å². The number of amides is 1. The number of nitrogens with one attached hydrogen (secondary N) is 1. The van der Waals surface area contributed by atoms with Gasteiger partial charge in [-0.2, -0.15) is 0 Å². The number of hydrogen-bond donors (Lipinski definition) is 2. The summed E-state index contributed by atoms with van der Waals surface area (Å²) in [5, 5.41) is 11.5. The molecule has 0 aromatic heterocycles. The molecular formula is C19H24N2O5S. The number of fused-ring (bicyclic) bond motifs is 2. The molecule has 7 nitrogen and oxygen atoms in total. The molecule has 0 radical (unpaired) electrons. The summed E-state index contributed by atoms with van der Waals surface area (Å²) in [4.78, 5) is 26.8. The topological polar surface area (TPSA) is 104 Å². The molecule has 0 spiro atoms. The van der Waals surface area contributed by atoms with Gasteiger partial charge in [-0.25, -0.2) is 8.42 Å². The van der Waals surface area contributed by atoms with Crippen molar-refractivity contribution in [2.24, 2.45) is 5.92 Å². The minimum absolute atomic E-state index is 0.0319. The molecular weight excluding hydrogens is 368 g/mol. The number of ketones is 1. The van der Waals surface area contributed by atoms with Crippen molar-refractivity contribution in [3.8, 4) is 0 Å². The van der Waals surface area contributed by atoms with Gasteiger partial charge in [0.15, 0.2) is 15.6 Å². The maximum absolute atomic E-state index is 12.9. The molecule has 3 atom stereocenters. The molecule has 27 heavy (non-hydrogen) atoms. The number of aliphatic hydroxyl groups excluding tert-OH is 1. The lowest BCUT2D eigenvalue weighted by Gasteiger charge is -2.21. The summed E-state index contributed by atoms with van der Waals surface area (Å²) in [5.41, 5.74) is 1.86. The fraction of sp³-hybridized carbons (Fsp3) is 0.579. The maximum atomic E-state index is 12.9. The van der Waals surface area contributed by atoms with Crippen LogP contribution in [0.25, 0.3) is 0 Å². The number of nitrogens with zero attached hydrogens (tertiary/aromatic N) is 1. The molecule has 2 saturated heterocycles. The zero-order chi connectivity index (χ0) is 19.2. The number of rotatable bonds is 5. The number of carbonyl (C=O) groups excluding carboxylic acids is 2. The van der Waals surface area contributed by atoms with Crippen LogP contribution in [0.4, 0.5) is 0 Å². The highest BCUT2D eigenvalue weighted by Gasteiger charge is 2.52. The summed E-state index contributed by atoms with van der Waals surface area (Å²) < 4.78 is 25.1. The number of Topliss-reactive ketones (excluding diaryl/α,β-unsaturated/α-hetero) is 1. The predicted octanol–water partition coefficient (Wildman–Crippen LogP) is 0.0251. The van der Waals surface area contributed by atoms with E-state index in [-0.39, 0.29) is 30.0 Å². The Labute approximate surface area is 158 Å². The summed E-state index contributed by atoms with van der Waals surface area (Å²) >= 11 is 0. The molecule has 1 aromatic carbocycles. The third-order valence-electron chi connectivity index (χ3n) is 6.05. The molecule has 1 aromatic rings. The average molecular weight is 392 g/mol. The van der Waals surface area contributed by atoms with E-state index in [4.69, 9.17) is 5.11 Å². The second-order valence-corrected chi connectivity index (χ2v) is 9.97.